The summed E-state index contributed by atoms with van der Waals surface area (Å²) in [6.45, 7) is 3.17. The molecule has 1 unspecified atom stereocenters. The SMILES string of the molecule is Cc1cnc(CC2CCCCCN2)nc1. The lowest BCUT2D eigenvalue weighted by atomic mass is 10.1. The van der Waals surface area contributed by atoms with Gasteiger partial charge in [-0.25, -0.2) is 9.97 Å². The van der Waals surface area contributed by atoms with Crippen LogP contribution in [0.25, 0.3) is 0 Å². The molecular weight excluding hydrogens is 186 g/mol. The molecule has 0 saturated carbocycles. The molecule has 0 bridgehead atoms. The molecule has 1 aliphatic heterocycles. The van der Waals surface area contributed by atoms with Crippen LogP contribution in [-0.2, 0) is 6.42 Å². The van der Waals surface area contributed by atoms with E-state index in [4.69, 9.17) is 0 Å². The Morgan fingerprint density at radius 1 is 1.27 bits per heavy atom. The summed E-state index contributed by atoms with van der Waals surface area (Å²) in [5, 5.41) is 3.56. The lowest BCUT2D eigenvalue weighted by Crippen LogP contribution is -2.30. The highest BCUT2D eigenvalue weighted by Crippen LogP contribution is 2.11. The minimum Gasteiger partial charge on any atom is -0.314 e. The van der Waals surface area contributed by atoms with Crippen molar-refractivity contribution in [2.75, 3.05) is 6.54 Å². The highest BCUT2D eigenvalue weighted by Gasteiger charge is 2.12. The van der Waals surface area contributed by atoms with E-state index in [1.807, 2.05) is 19.3 Å². The summed E-state index contributed by atoms with van der Waals surface area (Å²) in [5.41, 5.74) is 1.13. The molecule has 3 heteroatoms. The zero-order valence-corrected chi connectivity index (χ0v) is 9.37. The Labute approximate surface area is 91.3 Å². The Bertz CT molecular complexity index is 286. The van der Waals surface area contributed by atoms with Gasteiger partial charge in [0, 0.05) is 24.9 Å². The fraction of sp³-hybridized carbons (Fsp3) is 0.667. The molecule has 3 nitrogen and oxygen atoms in total. The molecule has 0 radical (unpaired) electrons. The van der Waals surface area contributed by atoms with E-state index in [-0.39, 0.29) is 0 Å². The van der Waals surface area contributed by atoms with Crippen LogP contribution in [-0.4, -0.2) is 22.6 Å². The Morgan fingerprint density at radius 2 is 2.07 bits per heavy atom. The molecule has 0 spiro atoms. The minimum absolute atomic E-state index is 0.579. The fourth-order valence-electron chi connectivity index (χ4n) is 2.02. The Hall–Kier alpha value is -0.960. The van der Waals surface area contributed by atoms with Crippen molar-refractivity contribution in [2.24, 2.45) is 0 Å². The zero-order valence-electron chi connectivity index (χ0n) is 9.37. The van der Waals surface area contributed by atoms with Crippen molar-refractivity contribution in [3.63, 3.8) is 0 Å². The van der Waals surface area contributed by atoms with Crippen molar-refractivity contribution in [3.05, 3.63) is 23.8 Å². The smallest absolute Gasteiger partial charge is 0.129 e. The summed E-state index contributed by atoms with van der Waals surface area (Å²) >= 11 is 0. The summed E-state index contributed by atoms with van der Waals surface area (Å²) < 4.78 is 0. The van der Waals surface area contributed by atoms with Gasteiger partial charge in [0.2, 0.25) is 0 Å². The van der Waals surface area contributed by atoms with E-state index in [0.29, 0.717) is 6.04 Å². The Balaban J connectivity index is 1.92. The molecule has 1 aromatic rings. The molecule has 1 atom stereocenters. The molecule has 0 aromatic carbocycles. The molecule has 0 amide bonds. The zero-order chi connectivity index (χ0) is 10.5. The van der Waals surface area contributed by atoms with Crippen molar-refractivity contribution in [1.82, 2.24) is 15.3 Å². The number of hydrogen-bond donors (Lipinski definition) is 1. The van der Waals surface area contributed by atoms with Crippen LogP contribution in [0, 0.1) is 6.92 Å². The Morgan fingerprint density at radius 3 is 2.87 bits per heavy atom. The van der Waals surface area contributed by atoms with Crippen molar-refractivity contribution in [2.45, 2.75) is 45.1 Å². The average molecular weight is 205 g/mol. The first-order valence-corrected chi connectivity index (χ1v) is 5.85. The topological polar surface area (TPSA) is 37.8 Å². The second-order valence-electron chi connectivity index (χ2n) is 4.38. The summed E-state index contributed by atoms with van der Waals surface area (Å²) in [7, 11) is 0. The maximum absolute atomic E-state index is 4.35. The molecule has 1 N–H and O–H groups in total. The second-order valence-corrected chi connectivity index (χ2v) is 4.38. The number of nitrogens with zero attached hydrogens (tertiary/aromatic N) is 2. The molecule has 1 fully saturated rings. The van der Waals surface area contributed by atoms with E-state index in [9.17, 15) is 0 Å². The monoisotopic (exact) mass is 205 g/mol. The quantitative estimate of drug-likeness (QED) is 0.801. The normalized spacial score (nSPS) is 22.3. The predicted octanol–water partition coefficient (Wildman–Crippen LogP) is 1.86. The van der Waals surface area contributed by atoms with Gasteiger partial charge in [0.1, 0.15) is 5.82 Å². The molecular formula is C12H19N3. The third-order valence-corrected chi connectivity index (χ3v) is 2.93. The van der Waals surface area contributed by atoms with Gasteiger partial charge in [0.15, 0.2) is 0 Å². The van der Waals surface area contributed by atoms with Crippen LogP contribution in [0.2, 0.25) is 0 Å². The van der Waals surface area contributed by atoms with Gasteiger partial charge in [-0.15, -0.1) is 0 Å². The Kier molecular flexibility index (Phi) is 3.67. The number of nitrogens with one attached hydrogen (secondary N) is 1. The second kappa shape index (κ2) is 5.21. The standard InChI is InChI=1S/C12H19N3/c1-10-8-14-12(15-9-10)7-11-5-3-2-4-6-13-11/h8-9,11,13H,2-7H2,1H3. The van der Waals surface area contributed by atoms with Gasteiger partial charge in [-0.05, 0) is 31.9 Å². The van der Waals surface area contributed by atoms with Gasteiger partial charge in [0.05, 0.1) is 0 Å². The summed E-state index contributed by atoms with van der Waals surface area (Å²) in [6, 6.07) is 0.579. The van der Waals surface area contributed by atoms with Crippen molar-refractivity contribution in [3.8, 4) is 0 Å². The number of hydrogen-bond acceptors (Lipinski definition) is 3. The van der Waals surface area contributed by atoms with Crippen LogP contribution >= 0.6 is 0 Å². The molecule has 2 heterocycles. The third kappa shape index (κ3) is 3.27. The minimum atomic E-state index is 0.579. The first-order chi connectivity index (χ1) is 7.34. The fourth-order valence-corrected chi connectivity index (χ4v) is 2.02. The van der Waals surface area contributed by atoms with Crippen LogP contribution in [0.15, 0.2) is 12.4 Å². The number of rotatable bonds is 2. The van der Waals surface area contributed by atoms with Gasteiger partial charge in [0.25, 0.3) is 0 Å². The number of aryl methyl sites for hydroxylation is 1. The van der Waals surface area contributed by atoms with E-state index in [2.05, 4.69) is 15.3 Å². The third-order valence-electron chi connectivity index (χ3n) is 2.93. The molecule has 2 rings (SSSR count). The van der Waals surface area contributed by atoms with Crippen LogP contribution in [0.5, 0.6) is 0 Å². The van der Waals surface area contributed by atoms with Gasteiger partial charge in [-0.2, -0.15) is 0 Å². The van der Waals surface area contributed by atoms with Gasteiger partial charge in [-0.3, -0.25) is 0 Å². The van der Waals surface area contributed by atoms with Crippen molar-refractivity contribution in [1.29, 1.82) is 0 Å². The molecule has 15 heavy (non-hydrogen) atoms. The van der Waals surface area contributed by atoms with Crippen LogP contribution < -0.4 is 5.32 Å². The van der Waals surface area contributed by atoms with E-state index >= 15 is 0 Å². The van der Waals surface area contributed by atoms with Crippen molar-refractivity contribution >= 4 is 0 Å². The maximum atomic E-state index is 4.35. The first kappa shape index (κ1) is 10.6. The van der Waals surface area contributed by atoms with Gasteiger partial charge >= 0.3 is 0 Å². The summed E-state index contributed by atoms with van der Waals surface area (Å²) in [5.74, 6) is 0.972. The van der Waals surface area contributed by atoms with Crippen LogP contribution in [0.1, 0.15) is 37.1 Å². The summed E-state index contributed by atoms with van der Waals surface area (Å²) in [4.78, 5) is 8.70. The molecule has 0 aliphatic carbocycles. The molecule has 1 aromatic heterocycles. The van der Waals surface area contributed by atoms with Crippen LogP contribution in [0.3, 0.4) is 0 Å². The largest absolute Gasteiger partial charge is 0.314 e. The number of aromatic nitrogens is 2. The molecule has 1 saturated heterocycles. The van der Waals surface area contributed by atoms with Crippen molar-refractivity contribution < 1.29 is 0 Å². The molecule has 82 valence electrons. The lowest BCUT2D eigenvalue weighted by Gasteiger charge is -2.14. The van der Waals surface area contributed by atoms with Gasteiger partial charge < -0.3 is 5.32 Å². The van der Waals surface area contributed by atoms with E-state index in [1.165, 1.54) is 25.7 Å². The average Bonchev–Trinajstić information content (AvgIpc) is 2.50. The van der Waals surface area contributed by atoms with E-state index in [1.54, 1.807) is 0 Å². The highest BCUT2D eigenvalue weighted by atomic mass is 14.9. The van der Waals surface area contributed by atoms with E-state index < -0.39 is 0 Å². The molecule has 1 aliphatic rings. The van der Waals surface area contributed by atoms with Crippen LogP contribution in [0.4, 0.5) is 0 Å². The summed E-state index contributed by atoms with van der Waals surface area (Å²) in [6.07, 6.45) is 10.0. The lowest BCUT2D eigenvalue weighted by molar-refractivity contribution is 0.497. The van der Waals surface area contributed by atoms with Gasteiger partial charge in [-0.1, -0.05) is 12.8 Å². The highest BCUT2D eigenvalue weighted by molar-refractivity contribution is 5.02. The maximum Gasteiger partial charge on any atom is 0.129 e. The first-order valence-electron chi connectivity index (χ1n) is 5.85. The van der Waals surface area contributed by atoms with E-state index in [0.717, 1.165) is 24.4 Å². The predicted molar refractivity (Wildman–Crippen MR) is 60.7 cm³/mol.